The summed E-state index contributed by atoms with van der Waals surface area (Å²) in [5.41, 5.74) is 7.13. The first kappa shape index (κ1) is 15.1. The van der Waals surface area contributed by atoms with Crippen LogP contribution in [0.2, 0.25) is 0 Å². The number of hydrogen-bond acceptors (Lipinski definition) is 0. The van der Waals surface area contributed by atoms with Crippen molar-refractivity contribution in [1.82, 2.24) is 0 Å². The van der Waals surface area contributed by atoms with Gasteiger partial charge in [0.1, 0.15) is 0 Å². The minimum Gasteiger partial charge on any atom is -0.149 e. The monoisotopic (exact) mass is 300 g/mol. The smallest absolute Gasteiger partial charge is 0.149 e. The number of halogens is 1. The molecule has 2 heteroatoms. The molecule has 0 aromatic heterocycles. The normalized spacial score (nSPS) is 11.4. The lowest BCUT2D eigenvalue weighted by atomic mass is 10.1. The minimum absolute atomic E-state index is 1.25. The molecule has 0 aliphatic rings. The van der Waals surface area contributed by atoms with Crippen molar-refractivity contribution in [2.75, 3.05) is 0 Å². The predicted molar refractivity (Wildman–Crippen MR) is 92.9 cm³/mol. The molecule has 0 aliphatic carbocycles. The highest BCUT2D eigenvalue weighted by molar-refractivity contribution is 7.36. The molecule has 0 spiro atoms. The SMILES string of the molecule is C=C[Si](Cl)(c1cccc(C)c1C)c1cccc(C)c1C. The maximum absolute atomic E-state index is 7.15. The summed E-state index contributed by atoms with van der Waals surface area (Å²) in [6.45, 7) is 12.6. The van der Waals surface area contributed by atoms with Crippen LogP contribution in [0, 0.1) is 27.7 Å². The quantitative estimate of drug-likeness (QED) is 0.595. The minimum atomic E-state index is -2.39. The Bertz CT molecular complexity index is 607. The maximum atomic E-state index is 7.15. The van der Waals surface area contributed by atoms with Crippen molar-refractivity contribution < 1.29 is 0 Å². The first-order valence-electron chi connectivity index (χ1n) is 6.87. The van der Waals surface area contributed by atoms with E-state index in [1.54, 1.807) is 0 Å². The lowest BCUT2D eigenvalue weighted by Gasteiger charge is -2.26. The van der Waals surface area contributed by atoms with Gasteiger partial charge in [-0.05, 0) is 60.3 Å². The average Bonchev–Trinajstić information content (AvgIpc) is 2.44. The summed E-state index contributed by atoms with van der Waals surface area (Å²) in [6, 6.07) is 12.8. The van der Waals surface area contributed by atoms with Crippen LogP contribution in [0.5, 0.6) is 0 Å². The maximum Gasteiger partial charge on any atom is 0.240 e. The fourth-order valence-corrected chi connectivity index (χ4v) is 6.78. The number of aryl methyl sites for hydroxylation is 2. The van der Waals surface area contributed by atoms with E-state index in [1.807, 2.05) is 5.70 Å². The molecule has 0 heterocycles. The van der Waals surface area contributed by atoms with E-state index in [2.05, 4.69) is 70.7 Å². The molecule has 104 valence electrons. The third-order valence-electron chi connectivity index (χ3n) is 4.27. The third kappa shape index (κ3) is 2.36. The van der Waals surface area contributed by atoms with Crippen molar-refractivity contribution >= 4 is 28.8 Å². The summed E-state index contributed by atoms with van der Waals surface area (Å²) < 4.78 is 0. The number of rotatable bonds is 3. The van der Waals surface area contributed by atoms with Gasteiger partial charge < -0.3 is 0 Å². The van der Waals surface area contributed by atoms with Gasteiger partial charge >= 0.3 is 0 Å². The van der Waals surface area contributed by atoms with Gasteiger partial charge in [-0.3, -0.25) is 0 Å². The lowest BCUT2D eigenvalue weighted by Crippen LogP contribution is -2.54. The largest absolute Gasteiger partial charge is 0.240 e. The first-order valence-corrected chi connectivity index (χ1v) is 9.96. The molecule has 0 radical (unpaired) electrons. The zero-order valence-electron chi connectivity index (χ0n) is 12.6. The van der Waals surface area contributed by atoms with Crippen molar-refractivity contribution in [2.24, 2.45) is 0 Å². The standard InChI is InChI=1S/C18H21ClSi/c1-6-20(19,17-11-7-9-13(2)15(17)4)18-12-8-10-14(3)16(18)5/h6-12H,1H2,2-5H3. The molecule has 2 rings (SSSR count). The van der Waals surface area contributed by atoms with Gasteiger partial charge in [-0.2, -0.15) is 0 Å². The van der Waals surface area contributed by atoms with Gasteiger partial charge in [0.25, 0.3) is 0 Å². The summed E-state index contributed by atoms with van der Waals surface area (Å²) in [6.07, 6.45) is 0. The van der Waals surface area contributed by atoms with Crippen LogP contribution in [0.4, 0.5) is 0 Å². The Balaban J connectivity index is 2.74. The van der Waals surface area contributed by atoms with E-state index in [9.17, 15) is 0 Å². The van der Waals surface area contributed by atoms with Gasteiger partial charge in [0, 0.05) is 0 Å². The highest BCUT2D eigenvalue weighted by atomic mass is 35.6. The van der Waals surface area contributed by atoms with E-state index in [4.69, 9.17) is 11.1 Å². The lowest BCUT2D eigenvalue weighted by molar-refractivity contribution is 1.35. The summed E-state index contributed by atoms with van der Waals surface area (Å²) in [4.78, 5) is 0. The molecule has 0 fully saturated rings. The Morgan fingerprint density at radius 3 is 1.60 bits per heavy atom. The fourth-order valence-electron chi connectivity index (χ4n) is 2.66. The van der Waals surface area contributed by atoms with Gasteiger partial charge in [0.05, 0.1) is 0 Å². The predicted octanol–water partition coefficient (Wildman–Crippen LogP) is 3.94. The van der Waals surface area contributed by atoms with Crippen LogP contribution >= 0.6 is 11.1 Å². The molecule has 0 nitrogen and oxygen atoms in total. The summed E-state index contributed by atoms with van der Waals surface area (Å²) in [5, 5.41) is 2.51. The van der Waals surface area contributed by atoms with Crippen LogP contribution in [0.15, 0.2) is 48.7 Å². The van der Waals surface area contributed by atoms with E-state index in [1.165, 1.54) is 32.6 Å². The van der Waals surface area contributed by atoms with E-state index >= 15 is 0 Å². The molecule has 0 saturated heterocycles. The molecule has 0 bridgehead atoms. The van der Waals surface area contributed by atoms with Crippen LogP contribution in [-0.4, -0.2) is 7.38 Å². The molecule has 20 heavy (non-hydrogen) atoms. The molecular weight excluding hydrogens is 280 g/mol. The van der Waals surface area contributed by atoms with Crippen LogP contribution in [-0.2, 0) is 0 Å². The molecule has 2 aromatic carbocycles. The molecule has 0 aliphatic heterocycles. The Labute approximate surface area is 127 Å². The molecule has 0 atom stereocenters. The van der Waals surface area contributed by atoms with Crippen LogP contribution in [0.1, 0.15) is 22.3 Å². The molecule has 2 aromatic rings. The molecule has 0 unspecified atom stereocenters. The zero-order chi connectivity index (χ0) is 14.9. The van der Waals surface area contributed by atoms with Crippen molar-refractivity contribution in [1.29, 1.82) is 0 Å². The summed E-state index contributed by atoms with van der Waals surface area (Å²) in [7, 11) is -2.39. The summed E-state index contributed by atoms with van der Waals surface area (Å²) in [5.74, 6) is 0. The third-order valence-corrected chi connectivity index (χ3v) is 9.17. The number of hydrogen-bond donors (Lipinski definition) is 0. The molecule has 0 amide bonds. The average molecular weight is 301 g/mol. The second-order valence-corrected chi connectivity index (χ2v) is 10.1. The Morgan fingerprint density at radius 2 is 1.25 bits per heavy atom. The van der Waals surface area contributed by atoms with Crippen LogP contribution in [0.25, 0.3) is 0 Å². The second kappa shape index (κ2) is 5.59. The van der Waals surface area contributed by atoms with E-state index < -0.39 is 7.38 Å². The zero-order valence-corrected chi connectivity index (χ0v) is 14.4. The second-order valence-electron chi connectivity index (χ2n) is 5.41. The van der Waals surface area contributed by atoms with Gasteiger partial charge in [-0.25, -0.2) is 0 Å². The topological polar surface area (TPSA) is 0 Å². The van der Waals surface area contributed by atoms with Gasteiger partial charge in [-0.15, -0.1) is 17.7 Å². The first-order chi connectivity index (χ1) is 9.41. The van der Waals surface area contributed by atoms with Gasteiger partial charge in [0.2, 0.25) is 7.38 Å². The van der Waals surface area contributed by atoms with Gasteiger partial charge in [-0.1, -0.05) is 42.1 Å². The Kier molecular flexibility index (Phi) is 4.21. The van der Waals surface area contributed by atoms with Gasteiger partial charge in [0.15, 0.2) is 0 Å². The van der Waals surface area contributed by atoms with Crippen molar-refractivity contribution in [2.45, 2.75) is 27.7 Å². The Hall–Kier alpha value is -1.31. The molecular formula is C18H21ClSi. The van der Waals surface area contributed by atoms with Crippen molar-refractivity contribution in [3.05, 3.63) is 70.9 Å². The molecule has 0 N–H and O–H groups in total. The summed E-state index contributed by atoms with van der Waals surface area (Å²) >= 11 is 7.15. The van der Waals surface area contributed by atoms with E-state index in [-0.39, 0.29) is 0 Å². The van der Waals surface area contributed by atoms with Crippen LogP contribution in [0.3, 0.4) is 0 Å². The number of benzene rings is 2. The fraction of sp³-hybridized carbons (Fsp3) is 0.222. The van der Waals surface area contributed by atoms with Crippen molar-refractivity contribution in [3.8, 4) is 0 Å². The highest BCUT2D eigenvalue weighted by Gasteiger charge is 2.35. The van der Waals surface area contributed by atoms with Crippen LogP contribution < -0.4 is 10.4 Å². The highest BCUT2D eigenvalue weighted by Crippen LogP contribution is 2.19. The molecule has 0 saturated carbocycles. The Morgan fingerprint density at radius 1 is 0.850 bits per heavy atom. The van der Waals surface area contributed by atoms with E-state index in [0.29, 0.717) is 0 Å². The van der Waals surface area contributed by atoms with Crippen molar-refractivity contribution in [3.63, 3.8) is 0 Å². The van der Waals surface area contributed by atoms with E-state index in [0.717, 1.165) is 0 Å².